The quantitative estimate of drug-likeness (QED) is 0.367. The van der Waals surface area contributed by atoms with Gasteiger partial charge in [-0.3, -0.25) is 4.79 Å². The predicted molar refractivity (Wildman–Crippen MR) is 91.3 cm³/mol. The Morgan fingerprint density at radius 3 is 2.69 bits per heavy atom. The van der Waals surface area contributed by atoms with E-state index in [1.165, 1.54) is 16.7 Å². The van der Waals surface area contributed by atoms with Crippen LogP contribution in [-0.2, 0) is 14.3 Å². The Morgan fingerprint density at radius 2 is 2.15 bits per heavy atom. The molecule has 2 fully saturated rings. The van der Waals surface area contributed by atoms with E-state index in [0.717, 1.165) is 13.0 Å². The molecule has 0 aromatic rings. The normalized spacial score (nSPS) is 34.6. The molecule has 3 rings (SSSR count). The van der Waals surface area contributed by atoms with Gasteiger partial charge in [0.25, 0.3) is 0 Å². The minimum absolute atomic E-state index is 0. The number of aliphatic carboxylic acids is 1. The number of fused-ring (bicyclic) bond motifs is 1. The summed E-state index contributed by atoms with van der Waals surface area (Å²) < 4.78 is 5.80. The monoisotopic (exact) mass is 392 g/mol. The van der Waals surface area contributed by atoms with E-state index in [2.05, 4.69) is 4.90 Å². The summed E-state index contributed by atoms with van der Waals surface area (Å²) in [6, 6.07) is -0.294. The number of nitrogens with zero attached hydrogens (tertiary/aromatic N) is 2. The van der Waals surface area contributed by atoms with Gasteiger partial charge in [0.05, 0.1) is 35.8 Å². The van der Waals surface area contributed by atoms with Crippen molar-refractivity contribution in [3.63, 3.8) is 0 Å². The first-order valence-electron chi connectivity index (χ1n) is 8.63. The summed E-state index contributed by atoms with van der Waals surface area (Å²) in [4.78, 5) is 28.1. The number of aliphatic hydroxyl groups is 1. The van der Waals surface area contributed by atoms with Crippen LogP contribution in [0.4, 0.5) is 0 Å². The van der Waals surface area contributed by atoms with Gasteiger partial charge >= 0.3 is 29.6 Å². The maximum absolute atomic E-state index is 12.3. The second-order valence-corrected chi connectivity index (χ2v) is 8.65. The van der Waals surface area contributed by atoms with Gasteiger partial charge in [0, 0.05) is 29.2 Å². The Bertz CT molecular complexity index is 612. The molecule has 140 valence electrons. The Kier molecular flexibility index (Phi) is 7.27. The molecule has 0 aliphatic carbocycles. The zero-order valence-corrected chi connectivity index (χ0v) is 18.8. The van der Waals surface area contributed by atoms with Crippen LogP contribution in [0.25, 0.3) is 0 Å². The van der Waals surface area contributed by atoms with Crippen LogP contribution in [0.2, 0.25) is 0 Å². The fourth-order valence-corrected chi connectivity index (χ4v) is 5.63. The van der Waals surface area contributed by atoms with Crippen LogP contribution >= 0.6 is 11.8 Å². The smallest absolute Gasteiger partial charge is 0.543 e. The van der Waals surface area contributed by atoms with Crippen LogP contribution < -0.4 is 34.7 Å². The van der Waals surface area contributed by atoms with E-state index in [-0.39, 0.29) is 64.5 Å². The van der Waals surface area contributed by atoms with Gasteiger partial charge in [-0.2, -0.15) is 0 Å². The van der Waals surface area contributed by atoms with E-state index >= 15 is 0 Å². The number of β-lactam (4-membered cyclic amide) rings is 1. The maximum atomic E-state index is 12.3. The van der Waals surface area contributed by atoms with Gasteiger partial charge in [0.1, 0.15) is 0 Å². The molecular weight excluding hydrogens is 367 g/mol. The Labute approximate surface area is 180 Å². The molecule has 2 saturated heterocycles. The fourth-order valence-electron chi connectivity index (χ4n) is 4.13. The van der Waals surface area contributed by atoms with E-state index in [4.69, 9.17) is 4.74 Å². The molecule has 3 heterocycles. The molecule has 3 aliphatic rings. The molecule has 7 nitrogen and oxygen atoms in total. The SMILES string of the molecule is C[C@@H](O)[C@H]1C(=O)N2C(C(=O)[O-])=C(S[C@@H]3CCO[C@@H]3CN(C)C)[C@H](C)[C@H]12.[Na+]. The molecule has 0 radical (unpaired) electrons. The number of carbonyl (C=O) groups excluding carboxylic acids is 2. The van der Waals surface area contributed by atoms with Gasteiger partial charge in [0.2, 0.25) is 5.91 Å². The summed E-state index contributed by atoms with van der Waals surface area (Å²) in [7, 11) is 3.95. The number of carbonyl (C=O) groups is 2. The van der Waals surface area contributed by atoms with Crippen molar-refractivity contribution < 1.29 is 54.1 Å². The van der Waals surface area contributed by atoms with Crippen molar-refractivity contribution in [2.45, 2.75) is 43.8 Å². The number of likely N-dealkylation sites (N-methyl/N-ethyl adjacent to an activating group) is 1. The topological polar surface area (TPSA) is 93.1 Å². The Hall–Kier alpha value is -0.0900. The number of aliphatic hydroxyl groups excluding tert-OH is 1. The van der Waals surface area contributed by atoms with Crippen LogP contribution in [0.3, 0.4) is 0 Å². The average molecular weight is 392 g/mol. The molecule has 26 heavy (non-hydrogen) atoms. The summed E-state index contributed by atoms with van der Waals surface area (Å²) in [6.45, 7) is 4.92. The zero-order valence-electron chi connectivity index (χ0n) is 16.0. The number of carboxylic acids is 1. The number of hydrogen-bond donors (Lipinski definition) is 1. The van der Waals surface area contributed by atoms with E-state index in [9.17, 15) is 19.8 Å². The third kappa shape index (κ3) is 3.74. The molecule has 1 amide bonds. The van der Waals surface area contributed by atoms with Gasteiger partial charge in [-0.25, -0.2) is 0 Å². The van der Waals surface area contributed by atoms with Gasteiger partial charge in [0.15, 0.2) is 0 Å². The third-order valence-electron chi connectivity index (χ3n) is 5.27. The van der Waals surface area contributed by atoms with Gasteiger partial charge < -0.3 is 29.5 Å². The second-order valence-electron chi connectivity index (χ2n) is 7.37. The number of thioether (sulfide) groups is 1. The van der Waals surface area contributed by atoms with Crippen molar-refractivity contribution in [3.05, 3.63) is 10.6 Å². The molecule has 1 N–H and O–H groups in total. The Balaban J connectivity index is 0.00000243. The third-order valence-corrected chi connectivity index (χ3v) is 6.94. The second kappa shape index (κ2) is 8.51. The minimum atomic E-state index is -1.32. The Morgan fingerprint density at radius 1 is 1.50 bits per heavy atom. The van der Waals surface area contributed by atoms with Crippen molar-refractivity contribution >= 4 is 23.6 Å². The first-order chi connectivity index (χ1) is 11.7. The number of ether oxygens (including phenoxy) is 1. The molecule has 6 atom stereocenters. The van der Waals surface area contributed by atoms with Crippen molar-refractivity contribution in [1.29, 1.82) is 0 Å². The van der Waals surface area contributed by atoms with Crippen molar-refractivity contribution in [2.75, 3.05) is 27.2 Å². The largest absolute Gasteiger partial charge is 1.00 e. The summed E-state index contributed by atoms with van der Waals surface area (Å²) >= 11 is 1.50. The summed E-state index contributed by atoms with van der Waals surface area (Å²) in [5.41, 5.74) is -0.0140. The summed E-state index contributed by atoms with van der Waals surface area (Å²) in [5, 5.41) is 21.8. The van der Waals surface area contributed by atoms with Crippen LogP contribution in [0.5, 0.6) is 0 Å². The first-order valence-corrected chi connectivity index (χ1v) is 9.51. The molecule has 9 heteroatoms. The maximum Gasteiger partial charge on any atom is 1.00 e. The molecule has 0 spiro atoms. The van der Waals surface area contributed by atoms with Crippen LogP contribution in [-0.4, -0.2) is 77.5 Å². The molecule has 0 bridgehead atoms. The number of carboxylic acid groups (broad SMARTS) is 1. The molecule has 0 aromatic carbocycles. The summed E-state index contributed by atoms with van der Waals surface area (Å²) in [6.07, 6.45) is 0.0807. The zero-order chi connectivity index (χ0) is 18.5. The predicted octanol–water partition coefficient (Wildman–Crippen LogP) is -3.74. The van der Waals surface area contributed by atoms with Crippen molar-refractivity contribution in [1.82, 2.24) is 9.80 Å². The van der Waals surface area contributed by atoms with Crippen molar-refractivity contribution in [3.8, 4) is 0 Å². The number of rotatable bonds is 6. The van der Waals surface area contributed by atoms with Crippen LogP contribution in [0.15, 0.2) is 10.6 Å². The molecule has 3 aliphatic heterocycles. The number of amides is 1. The average Bonchev–Trinajstić information content (AvgIpc) is 3.01. The first kappa shape index (κ1) is 22.2. The van der Waals surface area contributed by atoms with E-state index in [1.807, 2.05) is 21.0 Å². The fraction of sp³-hybridized carbons (Fsp3) is 0.765. The standard InChI is InChI=1S/C17H26N2O5S.Na/c1-8-13-12(9(2)20)16(21)19(13)14(17(22)23)15(8)25-11-5-6-24-10(11)7-18(3)4;/h8-13,20H,5-7H2,1-4H3,(H,22,23);/q;+1/p-1/t8-,9-,10-,11-,12-,13-;/m1./s1. The van der Waals surface area contributed by atoms with Crippen molar-refractivity contribution in [2.24, 2.45) is 11.8 Å². The van der Waals surface area contributed by atoms with E-state index in [1.54, 1.807) is 6.92 Å². The molecule has 0 saturated carbocycles. The molecule has 0 aromatic heterocycles. The van der Waals surface area contributed by atoms with Gasteiger partial charge in [-0.05, 0) is 27.4 Å². The van der Waals surface area contributed by atoms with E-state index < -0.39 is 18.0 Å². The summed E-state index contributed by atoms with van der Waals surface area (Å²) in [5.74, 6) is -2.32. The molecule has 0 unspecified atom stereocenters. The van der Waals surface area contributed by atoms with Gasteiger partial charge in [-0.1, -0.05) is 6.92 Å². The van der Waals surface area contributed by atoms with E-state index in [0.29, 0.717) is 11.5 Å². The van der Waals surface area contributed by atoms with Crippen LogP contribution in [0.1, 0.15) is 20.3 Å². The van der Waals surface area contributed by atoms with Crippen LogP contribution in [0, 0.1) is 11.8 Å². The molecular formula is C17H25N2NaO5S. The van der Waals surface area contributed by atoms with Gasteiger partial charge in [-0.15, -0.1) is 11.8 Å². The minimum Gasteiger partial charge on any atom is -0.543 e. The number of hydrogen-bond acceptors (Lipinski definition) is 7.